The van der Waals surface area contributed by atoms with Crippen LogP contribution in [0, 0.1) is 5.41 Å². The van der Waals surface area contributed by atoms with Crippen molar-refractivity contribution in [3.8, 4) is 0 Å². The molecule has 1 aliphatic rings. The molecule has 1 rings (SSSR count). The smallest absolute Gasteiger partial charge is 0.191 e. The Kier molecular flexibility index (Phi) is 10.6. The van der Waals surface area contributed by atoms with Crippen molar-refractivity contribution >= 4 is 29.9 Å². The number of hydrogen-bond donors (Lipinski definition) is 2. The van der Waals surface area contributed by atoms with Gasteiger partial charge < -0.3 is 15.4 Å². The fraction of sp³-hybridized carbons (Fsp3) is 0.938. The van der Waals surface area contributed by atoms with Gasteiger partial charge in [-0.1, -0.05) is 40.0 Å². The van der Waals surface area contributed by atoms with Crippen LogP contribution in [0.5, 0.6) is 0 Å². The Bertz CT molecular complexity index is 296. The monoisotopic (exact) mass is 411 g/mol. The van der Waals surface area contributed by atoms with Crippen LogP contribution in [-0.2, 0) is 4.74 Å². The Hall–Kier alpha value is -0.0400. The molecule has 0 heterocycles. The number of methoxy groups -OCH3 is 1. The Morgan fingerprint density at radius 2 is 1.86 bits per heavy atom. The van der Waals surface area contributed by atoms with E-state index in [0.717, 1.165) is 12.5 Å². The summed E-state index contributed by atoms with van der Waals surface area (Å²) in [7, 11) is 1.77. The molecule has 0 saturated heterocycles. The van der Waals surface area contributed by atoms with Crippen LogP contribution in [0.2, 0.25) is 0 Å². The first-order chi connectivity index (χ1) is 9.47. The van der Waals surface area contributed by atoms with Crippen molar-refractivity contribution in [2.45, 2.75) is 71.9 Å². The maximum absolute atomic E-state index is 5.57. The summed E-state index contributed by atoms with van der Waals surface area (Å²) >= 11 is 0. The van der Waals surface area contributed by atoms with Crippen molar-refractivity contribution in [2.24, 2.45) is 10.4 Å². The van der Waals surface area contributed by atoms with Crippen molar-refractivity contribution in [1.29, 1.82) is 0 Å². The molecule has 2 N–H and O–H groups in total. The lowest BCUT2D eigenvalue weighted by Gasteiger charge is -2.29. The van der Waals surface area contributed by atoms with Crippen LogP contribution >= 0.6 is 24.0 Å². The van der Waals surface area contributed by atoms with Gasteiger partial charge in [-0.25, -0.2) is 0 Å². The Morgan fingerprint density at radius 3 is 2.33 bits per heavy atom. The number of halogens is 1. The number of nitrogens with one attached hydrogen (secondary N) is 2. The molecule has 1 atom stereocenters. The maximum atomic E-state index is 5.57. The minimum absolute atomic E-state index is 0. The number of aliphatic imine (C=N–C) groups is 1. The van der Waals surface area contributed by atoms with E-state index in [-0.39, 0.29) is 35.5 Å². The van der Waals surface area contributed by atoms with Gasteiger partial charge in [0.2, 0.25) is 0 Å². The number of rotatable bonds is 5. The largest absolute Gasteiger partial charge is 0.379 e. The summed E-state index contributed by atoms with van der Waals surface area (Å²) in [6, 6.07) is 0.581. The van der Waals surface area contributed by atoms with Gasteiger partial charge >= 0.3 is 0 Å². The van der Waals surface area contributed by atoms with E-state index in [2.05, 4.69) is 38.3 Å². The average Bonchev–Trinajstić information content (AvgIpc) is 2.39. The van der Waals surface area contributed by atoms with Crippen molar-refractivity contribution < 1.29 is 4.74 Å². The van der Waals surface area contributed by atoms with Crippen LogP contribution in [-0.4, -0.2) is 38.3 Å². The van der Waals surface area contributed by atoms with Crippen molar-refractivity contribution in [3.63, 3.8) is 0 Å². The minimum Gasteiger partial charge on any atom is -0.379 e. The van der Waals surface area contributed by atoms with Crippen LogP contribution in [0.25, 0.3) is 0 Å². The third-order valence-electron chi connectivity index (χ3n) is 3.96. The van der Waals surface area contributed by atoms with Gasteiger partial charge in [-0.2, -0.15) is 0 Å². The molecule has 1 aliphatic carbocycles. The van der Waals surface area contributed by atoms with Gasteiger partial charge in [0.05, 0.1) is 12.6 Å². The molecule has 4 nitrogen and oxygen atoms in total. The predicted molar refractivity (Wildman–Crippen MR) is 102 cm³/mol. The molecule has 1 unspecified atom stereocenters. The third kappa shape index (κ3) is 8.24. The van der Waals surface area contributed by atoms with Gasteiger partial charge in [0, 0.05) is 19.7 Å². The summed E-state index contributed by atoms with van der Waals surface area (Å²) < 4.78 is 5.57. The standard InChI is InChI=1S/C16H33N3O.HI/c1-6-17-15(19-13-10-8-7-9-11-13)18-12-14(20-5)16(2,3)4;/h13-14H,6-12H2,1-5H3,(H2,17,18,19);1H. The van der Waals surface area contributed by atoms with Crippen LogP contribution in [0.4, 0.5) is 0 Å². The van der Waals surface area contributed by atoms with E-state index < -0.39 is 0 Å². The van der Waals surface area contributed by atoms with Gasteiger partial charge in [-0.05, 0) is 25.2 Å². The van der Waals surface area contributed by atoms with Crippen LogP contribution in [0.3, 0.4) is 0 Å². The van der Waals surface area contributed by atoms with E-state index in [9.17, 15) is 0 Å². The molecule has 21 heavy (non-hydrogen) atoms. The van der Waals surface area contributed by atoms with E-state index >= 15 is 0 Å². The molecule has 5 heteroatoms. The van der Waals surface area contributed by atoms with Crippen molar-refractivity contribution in [2.75, 3.05) is 20.2 Å². The molecule has 0 aliphatic heterocycles. The highest BCUT2D eigenvalue weighted by molar-refractivity contribution is 14.0. The fourth-order valence-corrected chi connectivity index (χ4v) is 2.64. The van der Waals surface area contributed by atoms with Gasteiger partial charge in [0.15, 0.2) is 5.96 Å². The van der Waals surface area contributed by atoms with Gasteiger partial charge in [0.25, 0.3) is 0 Å². The summed E-state index contributed by atoms with van der Waals surface area (Å²) in [5.41, 5.74) is 0.112. The molecule has 0 bridgehead atoms. The third-order valence-corrected chi connectivity index (χ3v) is 3.96. The molecule has 0 aromatic carbocycles. The normalized spacial score (nSPS) is 18.8. The highest BCUT2D eigenvalue weighted by Gasteiger charge is 2.24. The van der Waals surface area contributed by atoms with Crippen molar-refractivity contribution in [1.82, 2.24) is 10.6 Å². The van der Waals surface area contributed by atoms with Gasteiger partial charge in [-0.3, -0.25) is 4.99 Å². The molecule has 126 valence electrons. The lowest BCUT2D eigenvalue weighted by atomic mass is 9.89. The maximum Gasteiger partial charge on any atom is 0.191 e. The van der Waals surface area contributed by atoms with E-state index in [0.29, 0.717) is 12.6 Å². The van der Waals surface area contributed by atoms with Crippen LogP contribution in [0.1, 0.15) is 59.8 Å². The van der Waals surface area contributed by atoms with Gasteiger partial charge in [0.1, 0.15) is 0 Å². The second-order valence-electron chi connectivity index (χ2n) is 6.79. The molecule has 0 spiro atoms. The van der Waals surface area contributed by atoms with E-state index in [1.807, 2.05) is 0 Å². The first kappa shape index (κ1) is 21.0. The average molecular weight is 411 g/mol. The Labute approximate surface area is 147 Å². The number of hydrogen-bond acceptors (Lipinski definition) is 2. The first-order valence-electron chi connectivity index (χ1n) is 8.05. The SMILES string of the molecule is CCNC(=NCC(OC)C(C)(C)C)NC1CCCCC1.I. The van der Waals surface area contributed by atoms with Gasteiger partial charge in [-0.15, -0.1) is 24.0 Å². The second kappa shape index (κ2) is 10.6. The van der Waals surface area contributed by atoms with Crippen LogP contribution in [0.15, 0.2) is 4.99 Å². The molecule has 1 saturated carbocycles. The number of ether oxygens (including phenoxy) is 1. The molecular weight excluding hydrogens is 377 g/mol. The zero-order valence-electron chi connectivity index (χ0n) is 14.4. The molecule has 0 amide bonds. The quantitative estimate of drug-likeness (QED) is 0.413. The molecule has 0 aromatic rings. The lowest BCUT2D eigenvalue weighted by Crippen LogP contribution is -2.45. The zero-order valence-corrected chi connectivity index (χ0v) is 16.7. The number of nitrogens with zero attached hydrogens (tertiary/aromatic N) is 1. The Morgan fingerprint density at radius 1 is 1.24 bits per heavy atom. The Balaban J connectivity index is 0.00000400. The molecule has 0 radical (unpaired) electrons. The molecule has 0 aromatic heterocycles. The summed E-state index contributed by atoms with van der Waals surface area (Å²) in [4.78, 5) is 4.71. The molecular formula is C16H34IN3O. The second-order valence-corrected chi connectivity index (χ2v) is 6.79. The first-order valence-corrected chi connectivity index (χ1v) is 8.05. The zero-order chi connectivity index (χ0) is 15.0. The highest BCUT2D eigenvalue weighted by Crippen LogP contribution is 2.22. The minimum atomic E-state index is 0. The predicted octanol–water partition coefficient (Wildman–Crippen LogP) is 3.55. The number of guanidine groups is 1. The van der Waals surface area contributed by atoms with E-state index in [1.165, 1.54) is 32.1 Å². The summed E-state index contributed by atoms with van der Waals surface area (Å²) in [6.07, 6.45) is 6.71. The summed E-state index contributed by atoms with van der Waals surface area (Å²) in [5.74, 6) is 0.936. The summed E-state index contributed by atoms with van der Waals surface area (Å²) in [6.45, 7) is 10.3. The summed E-state index contributed by atoms with van der Waals surface area (Å²) in [5, 5.41) is 6.92. The van der Waals surface area contributed by atoms with E-state index in [4.69, 9.17) is 9.73 Å². The fourth-order valence-electron chi connectivity index (χ4n) is 2.64. The van der Waals surface area contributed by atoms with E-state index in [1.54, 1.807) is 7.11 Å². The van der Waals surface area contributed by atoms with Crippen LogP contribution < -0.4 is 10.6 Å². The van der Waals surface area contributed by atoms with Crippen molar-refractivity contribution in [3.05, 3.63) is 0 Å². The molecule has 1 fully saturated rings. The topological polar surface area (TPSA) is 45.7 Å². The highest BCUT2D eigenvalue weighted by atomic mass is 127. The lowest BCUT2D eigenvalue weighted by molar-refractivity contribution is 0.0241.